The van der Waals surface area contributed by atoms with E-state index in [1.807, 2.05) is 0 Å². The van der Waals surface area contributed by atoms with Crippen LogP contribution in [0.4, 0.5) is 4.39 Å². The second-order valence-corrected chi connectivity index (χ2v) is 6.68. The lowest BCUT2D eigenvalue weighted by Gasteiger charge is -2.24. The number of fused-ring (bicyclic) bond motifs is 3. The Hall–Kier alpha value is -1.86. The van der Waals surface area contributed by atoms with Crippen molar-refractivity contribution in [3.05, 3.63) is 34.5 Å². The molecule has 1 N–H and O–H groups in total. The molecular formula is C15H13ClFNO4S. The Kier molecular flexibility index (Phi) is 4.16. The van der Waals surface area contributed by atoms with Gasteiger partial charge in [0, 0.05) is 21.8 Å². The van der Waals surface area contributed by atoms with E-state index in [0.29, 0.717) is 17.1 Å². The molecule has 1 aromatic heterocycles. The van der Waals surface area contributed by atoms with E-state index in [0.717, 1.165) is 23.6 Å². The van der Waals surface area contributed by atoms with Crippen LogP contribution in [0.1, 0.15) is 17.7 Å². The molecule has 0 bridgehead atoms. The summed E-state index contributed by atoms with van der Waals surface area (Å²) in [4.78, 5) is 14.3. The van der Waals surface area contributed by atoms with Crippen LogP contribution in [0.2, 0.25) is 5.02 Å². The number of methoxy groups -OCH3 is 1. The number of hydrogen-bond acceptors (Lipinski definition) is 4. The summed E-state index contributed by atoms with van der Waals surface area (Å²) in [6, 6.07) is 5.16. The van der Waals surface area contributed by atoms with Crippen LogP contribution in [0, 0.1) is 5.92 Å². The van der Waals surface area contributed by atoms with Crippen molar-refractivity contribution in [2.45, 2.75) is 19.0 Å². The van der Waals surface area contributed by atoms with E-state index in [9.17, 15) is 17.6 Å². The van der Waals surface area contributed by atoms with Gasteiger partial charge in [-0.25, -0.2) is 9.18 Å². The van der Waals surface area contributed by atoms with Crippen molar-refractivity contribution in [3.63, 3.8) is 0 Å². The highest BCUT2D eigenvalue weighted by molar-refractivity contribution is 7.73. The molecule has 2 aromatic rings. The van der Waals surface area contributed by atoms with Crippen LogP contribution in [0.5, 0.6) is 0 Å². The molecule has 0 aliphatic heterocycles. The molecule has 1 heterocycles. The van der Waals surface area contributed by atoms with Crippen molar-refractivity contribution in [2.24, 2.45) is 5.92 Å². The van der Waals surface area contributed by atoms with E-state index in [2.05, 4.69) is 9.72 Å². The number of hydrogen-bond donors (Lipinski definition) is 1. The van der Waals surface area contributed by atoms with Crippen molar-refractivity contribution in [1.29, 1.82) is 0 Å². The SMILES string of the molecule is COC(=O)C(F)C1CCc2c([nH]c3ccc(Cl)cc23)C1=S(=O)=O. The number of aromatic nitrogens is 1. The fraction of sp³-hybridized carbons (Fsp3) is 0.333. The number of esters is 1. The number of H-pyrrole nitrogens is 1. The maximum absolute atomic E-state index is 14.3. The van der Waals surface area contributed by atoms with Gasteiger partial charge in [0.25, 0.3) is 0 Å². The molecule has 0 spiro atoms. The molecular weight excluding hydrogens is 345 g/mol. The van der Waals surface area contributed by atoms with Gasteiger partial charge in [-0.05, 0) is 36.6 Å². The van der Waals surface area contributed by atoms with Crippen LogP contribution in [0.3, 0.4) is 0 Å². The van der Waals surface area contributed by atoms with Crippen molar-refractivity contribution >= 4 is 43.6 Å². The molecule has 0 saturated carbocycles. The number of aromatic amines is 1. The zero-order valence-electron chi connectivity index (χ0n) is 12.1. The Morgan fingerprint density at radius 3 is 2.87 bits per heavy atom. The zero-order valence-corrected chi connectivity index (χ0v) is 13.7. The first-order valence-corrected chi connectivity index (χ1v) is 8.37. The number of nitrogens with one attached hydrogen (secondary N) is 1. The Morgan fingerprint density at radius 2 is 2.22 bits per heavy atom. The van der Waals surface area contributed by atoms with Gasteiger partial charge in [-0.3, -0.25) is 0 Å². The summed E-state index contributed by atoms with van der Waals surface area (Å²) in [7, 11) is -1.59. The maximum atomic E-state index is 14.3. The highest BCUT2D eigenvalue weighted by atomic mass is 35.5. The van der Waals surface area contributed by atoms with Crippen molar-refractivity contribution in [3.8, 4) is 0 Å². The third kappa shape index (κ3) is 2.64. The number of carbonyl (C=O) groups excluding carboxylic acids is 1. The number of benzene rings is 1. The number of halogens is 2. The Morgan fingerprint density at radius 1 is 1.48 bits per heavy atom. The summed E-state index contributed by atoms with van der Waals surface area (Å²) in [6.07, 6.45) is -1.37. The highest BCUT2D eigenvalue weighted by Crippen LogP contribution is 2.35. The van der Waals surface area contributed by atoms with Crippen LogP contribution in [-0.2, 0) is 26.2 Å². The predicted octanol–water partition coefficient (Wildman–Crippen LogP) is 2.29. The molecule has 0 radical (unpaired) electrons. The summed E-state index contributed by atoms with van der Waals surface area (Å²) in [5.74, 6) is -2.13. The van der Waals surface area contributed by atoms with E-state index >= 15 is 0 Å². The molecule has 1 aliphatic rings. The zero-order chi connectivity index (χ0) is 16.7. The third-order valence-electron chi connectivity index (χ3n) is 4.12. The van der Waals surface area contributed by atoms with Crippen molar-refractivity contribution in [2.75, 3.05) is 7.11 Å². The van der Waals surface area contributed by atoms with E-state index in [1.54, 1.807) is 18.2 Å². The molecule has 122 valence electrons. The van der Waals surface area contributed by atoms with Gasteiger partial charge < -0.3 is 9.72 Å². The third-order valence-corrected chi connectivity index (χ3v) is 5.22. The first kappa shape index (κ1) is 16.0. The molecule has 2 atom stereocenters. The average molecular weight is 358 g/mol. The van der Waals surface area contributed by atoms with Gasteiger partial charge in [0.15, 0.2) is 0 Å². The molecule has 2 unspecified atom stereocenters. The quantitative estimate of drug-likeness (QED) is 0.661. The Labute approximate surface area is 137 Å². The van der Waals surface area contributed by atoms with E-state index in [-0.39, 0.29) is 11.3 Å². The summed E-state index contributed by atoms with van der Waals surface area (Å²) in [5, 5.41) is 1.34. The number of rotatable bonds is 2. The molecule has 0 saturated heterocycles. The van der Waals surface area contributed by atoms with Crippen LogP contribution < -0.4 is 0 Å². The topological polar surface area (TPSA) is 76.2 Å². The average Bonchev–Trinajstić information content (AvgIpc) is 2.89. The van der Waals surface area contributed by atoms with Crippen molar-refractivity contribution in [1.82, 2.24) is 4.98 Å². The van der Waals surface area contributed by atoms with Crippen LogP contribution in [0.15, 0.2) is 18.2 Å². The minimum atomic E-state index is -2.66. The van der Waals surface area contributed by atoms with Gasteiger partial charge in [0.05, 0.1) is 12.8 Å². The normalized spacial score (nSPS) is 18.6. The lowest BCUT2D eigenvalue weighted by Crippen LogP contribution is -2.36. The van der Waals surface area contributed by atoms with E-state index in [4.69, 9.17) is 11.6 Å². The fourth-order valence-corrected chi connectivity index (χ4v) is 4.07. The van der Waals surface area contributed by atoms with Crippen LogP contribution in [-0.4, -0.2) is 37.5 Å². The Balaban J connectivity index is 2.19. The molecule has 5 nitrogen and oxygen atoms in total. The molecule has 3 rings (SSSR count). The van der Waals surface area contributed by atoms with Gasteiger partial charge in [-0.2, -0.15) is 8.42 Å². The highest BCUT2D eigenvalue weighted by Gasteiger charge is 2.39. The van der Waals surface area contributed by atoms with E-state index < -0.39 is 28.4 Å². The minimum Gasteiger partial charge on any atom is -0.467 e. The summed E-state index contributed by atoms with van der Waals surface area (Å²) in [6.45, 7) is 0. The number of ether oxygens (including phenoxy) is 1. The second kappa shape index (κ2) is 5.98. The predicted molar refractivity (Wildman–Crippen MR) is 85.1 cm³/mol. The first-order chi connectivity index (χ1) is 10.9. The van der Waals surface area contributed by atoms with Crippen LogP contribution >= 0.6 is 11.6 Å². The van der Waals surface area contributed by atoms with Gasteiger partial charge in [-0.1, -0.05) is 11.6 Å². The maximum Gasteiger partial charge on any atom is 0.341 e. The molecule has 23 heavy (non-hydrogen) atoms. The molecule has 1 aromatic carbocycles. The number of alkyl halides is 1. The monoisotopic (exact) mass is 357 g/mol. The fourth-order valence-electron chi connectivity index (χ4n) is 3.07. The van der Waals surface area contributed by atoms with Crippen molar-refractivity contribution < 1.29 is 22.3 Å². The minimum absolute atomic E-state index is 0.128. The molecule has 0 fully saturated rings. The first-order valence-electron chi connectivity index (χ1n) is 6.92. The standard InChI is InChI=1S/C15H13ClFNO4S/c1-22-15(19)12(17)9-4-3-8-10-6-7(16)2-5-11(10)18-13(8)14(9)23(20)21/h2,5-6,9,12,18H,3-4H2,1H3. The largest absolute Gasteiger partial charge is 0.467 e. The smallest absolute Gasteiger partial charge is 0.341 e. The summed E-state index contributed by atoms with van der Waals surface area (Å²) >= 11 is 5.99. The van der Waals surface area contributed by atoms with Gasteiger partial charge in [0.1, 0.15) is 4.86 Å². The molecule has 8 heteroatoms. The molecule has 0 amide bonds. The van der Waals surface area contributed by atoms with Gasteiger partial charge in [-0.15, -0.1) is 0 Å². The van der Waals surface area contributed by atoms with Gasteiger partial charge >= 0.3 is 5.97 Å². The molecule has 1 aliphatic carbocycles. The number of carbonyl (C=O) groups is 1. The lowest BCUT2D eigenvalue weighted by atomic mass is 9.84. The van der Waals surface area contributed by atoms with Gasteiger partial charge in [0.2, 0.25) is 16.5 Å². The summed E-state index contributed by atoms with van der Waals surface area (Å²) in [5.41, 5.74) is 1.84. The Bertz CT molecular complexity index is 926. The summed E-state index contributed by atoms with van der Waals surface area (Å²) < 4.78 is 42.1. The van der Waals surface area contributed by atoms with Crippen LogP contribution in [0.25, 0.3) is 10.9 Å². The lowest BCUT2D eigenvalue weighted by molar-refractivity contribution is -0.147. The number of aryl methyl sites for hydroxylation is 1. The van der Waals surface area contributed by atoms with E-state index in [1.165, 1.54) is 0 Å². The second-order valence-electron chi connectivity index (χ2n) is 5.34.